The van der Waals surface area contributed by atoms with Gasteiger partial charge in [-0.05, 0) is 17.7 Å². The van der Waals surface area contributed by atoms with E-state index in [9.17, 15) is 9.59 Å². The predicted molar refractivity (Wildman–Crippen MR) is 99.9 cm³/mol. The molecule has 1 N–H and O–H groups in total. The van der Waals surface area contributed by atoms with Gasteiger partial charge in [-0.3, -0.25) is 19.5 Å². The van der Waals surface area contributed by atoms with E-state index in [0.29, 0.717) is 24.7 Å². The number of fused-ring (bicyclic) bond motifs is 1. The van der Waals surface area contributed by atoms with Crippen LogP contribution in [0, 0.1) is 0 Å². The number of nitrogens with zero attached hydrogens (tertiary/aromatic N) is 3. The molecule has 8 heteroatoms. The molecule has 1 aliphatic heterocycles. The van der Waals surface area contributed by atoms with Crippen LogP contribution in [0.1, 0.15) is 13.8 Å². The molecular weight excluding hydrogens is 360 g/mol. The molecule has 0 saturated carbocycles. The fourth-order valence-corrected chi connectivity index (χ4v) is 4.10. The molecule has 2 amide bonds. The molecule has 3 rings (SSSR count). The number of benzene rings is 1. The van der Waals surface area contributed by atoms with Crippen LogP contribution < -0.4 is 15.0 Å². The summed E-state index contributed by atoms with van der Waals surface area (Å²) in [4.78, 5) is 31.2. The van der Waals surface area contributed by atoms with E-state index < -0.39 is 0 Å². The van der Waals surface area contributed by atoms with Crippen molar-refractivity contribution in [2.75, 3.05) is 24.5 Å². The minimum absolute atomic E-state index is 0.0176. The van der Waals surface area contributed by atoms with Gasteiger partial charge in [0.2, 0.25) is 11.8 Å². The van der Waals surface area contributed by atoms with Crippen molar-refractivity contribution in [3.8, 4) is 10.4 Å². The van der Waals surface area contributed by atoms with E-state index in [1.54, 1.807) is 23.2 Å². The first-order chi connectivity index (χ1) is 12.0. The SMILES string of the molecule is CC(=O)NCCN=c1sc(-c2ccc(Cl)cc2)c2n1CCN2C(C)=O. The Hall–Kier alpha value is -2.12. The monoisotopic (exact) mass is 378 g/mol. The molecule has 0 bridgehead atoms. The molecule has 0 radical (unpaired) electrons. The fourth-order valence-electron chi connectivity index (χ4n) is 2.78. The molecule has 0 aliphatic carbocycles. The predicted octanol–water partition coefficient (Wildman–Crippen LogP) is 2.27. The second kappa shape index (κ2) is 7.41. The maximum Gasteiger partial charge on any atom is 0.225 e. The number of aromatic nitrogens is 1. The average molecular weight is 379 g/mol. The highest BCUT2D eigenvalue weighted by atomic mass is 35.5. The lowest BCUT2D eigenvalue weighted by Crippen LogP contribution is -2.26. The van der Waals surface area contributed by atoms with Crippen molar-refractivity contribution in [1.82, 2.24) is 9.88 Å². The molecule has 132 valence electrons. The average Bonchev–Trinajstić information content (AvgIpc) is 3.13. The third-order valence-corrected chi connectivity index (χ3v) is 5.31. The zero-order chi connectivity index (χ0) is 18.0. The summed E-state index contributed by atoms with van der Waals surface area (Å²) in [7, 11) is 0. The second-order valence-electron chi connectivity index (χ2n) is 5.73. The standard InChI is InChI=1S/C17H19ClN4O2S/c1-11(23)19-7-8-20-17-22-10-9-21(12(2)24)16(22)15(25-17)13-3-5-14(18)6-4-13/h3-6H,7-10H2,1-2H3,(H,19,23). The number of thiazole rings is 1. The number of hydrogen-bond acceptors (Lipinski definition) is 4. The third-order valence-electron chi connectivity index (χ3n) is 3.91. The molecular formula is C17H19ClN4O2S. The third kappa shape index (κ3) is 3.77. The van der Waals surface area contributed by atoms with Crippen molar-refractivity contribution in [1.29, 1.82) is 0 Å². The summed E-state index contributed by atoms with van der Waals surface area (Å²) < 4.78 is 2.07. The van der Waals surface area contributed by atoms with Crippen LogP contribution in [-0.2, 0) is 16.1 Å². The smallest absolute Gasteiger partial charge is 0.225 e. The van der Waals surface area contributed by atoms with E-state index >= 15 is 0 Å². The first-order valence-corrected chi connectivity index (χ1v) is 9.19. The molecule has 1 aliphatic rings. The van der Waals surface area contributed by atoms with Crippen molar-refractivity contribution in [3.05, 3.63) is 34.1 Å². The van der Waals surface area contributed by atoms with Gasteiger partial charge < -0.3 is 9.88 Å². The van der Waals surface area contributed by atoms with Crippen molar-refractivity contribution in [3.63, 3.8) is 0 Å². The Kier molecular flexibility index (Phi) is 5.24. The van der Waals surface area contributed by atoms with Crippen LogP contribution in [0.2, 0.25) is 5.02 Å². The highest BCUT2D eigenvalue weighted by Crippen LogP contribution is 2.37. The lowest BCUT2D eigenvalue weighted by atomic mass is 10.2. The summed E-state index contributed by atoms with van der Waals surface area (Å²) in [5.74, 6) is 0.839. The van der Waals surface area contributed by atoms with E-state index in [1.165, 1.54) is 6.92 Å². The van der Waals surface area contributed by atoms with Gasteiger partial charge in [0, 0.05) is 38.5 Å². The van der Waals surface area contributed by atoms with Crippen LogP contribution in [0.4, 0.5) is 5.82 Å². The first kappa shape index (κ1) is 17.7. The number of carbonyl (C=O) groups excluding carboxylic acids is 2. The van der Waals surface area contributed by atoms with Gasteiger partial charge in [0.25, 0.3) is 0 Å². The molecule has 2 heterocycles. The van der Waals surface area contributed by atoms with Gasteiger partial charge in [0.05, 0.1) is 11.4 Å². The number of amides is 2. The minimum atomic E-state index is -0.0659. The van der Waals surface area contributed by atoms with Gasteiger partial charge in [-0.15, -0.1) is 0 Å². The summed E-state index contributed by atoms with van der Waals surface area (Å²) in [6, 6.07) is 7.59. The second-order valence-corrected chi connectivity index (χ2v) is 7.15. The maximum absolute atomic E-state index is 12.0. The van der Waals surface area contributed by atoms with Crippen LogP contribution in [0.15, 0.2) is 29.3 Å². The molecule has 2 aromatic rings. The molecule has 25 heavy (non-hydrogen) atoms. The van der Waals surface area contributed by atoms with Crippen LogP contribution in [-0.4, -0.2) is 36.0 Å². The lowest BCUT2D eigenvalue weighted by Gasteiger charge is -2.14. The number of anilines is 1. The van der Waals surface area contributed by atoms with Crippen LogP contribution >= 0.6 is 22.9 Å². The maximum atomic E-state index is 12.0. The van der Waals surface area contributed by atoms with Gasteiger partial charge in [-0.25, -0.2) is 0 Å². The summed E-state index contributed by atoms with van der Waals surface area (Å²) in [5.41, 5.74) is 1.01. The van der Waals surface area contributed by atoms with Gasteiger partial charge in [-0.1, -0.05) is 35.1 Å². The van der Waals surface area contributed by atoms with E-state index in [0.717, 1.165) is 27.6 Å². The molecule has 0 fully saturated rings. The molecule has 0 spiro atoms. The van der Waals surface area contributed by atoms with E-state index in [-0.39, 0.29) is 11.8 Å². The quantitative estimate of drug-likeness (QED) is 0.829. The zero-order valence-corrected chi connectivity index (χ0v) is 15.7. The Labute approximate surface area is 154 Å². The Morgan fingerprint density at radius 3 is 2.60 bits per heavy atom. The summed E-state index contributed by atoms with van der Waals surface area (Å²) in [6.45, 7) is 5.42. The summed E-state index contributed by atoms with van der Waals surface area (Å²) in [6.07, 6.45) is 0. The largest absolute Gasteiger partial charge is 0.354 e. The zero-order valence-electron chi connectivity index (χ0n) is 14.1. The van der Waals surface area contributed by atoms with E-state index in [4.69, 9.17) is 11.6 Å². The van der Waals surface area contributed by atoms with E-state index in [2.05, 4.69) is 14.9 Å². The lowest BCUT2D eigenvalue weighted by molar-refractivity contribution is -0.119. The van der Waals surface area contributed by atoms with Crippen LogP contribution in [0.25, 0.3) is 10.4 Å². The number of carbonyl (C=O) groups is 2. The number of hydrogen-bond donors (Lipinski definition) is 1. The molecule has 0 saturated heterocycles. The summed E-state index contributed by atoms with van der Waals surface area (Å²) >= 11 is 7.54. The molecule has 6 nitrogen and oxygen atoms in total. The highest BCUT2D eigenvalue weighted by Gasteiger charge is 2.28. The molecule has 0 unspecified atom stereocenters. The Morgan fingerprint density at radius 1 is 1.24 bits per heavy atom. The molecule has 1 aromatic heterocycles. The van der Waals surface area contributed by atoms with Gasteiger partial charge in [0.15, 0.2) is 4.80 Å². The van der Waals surface area contributed by atoms with Gasteiger partial charge in [0.1, 0.15) is 5.82 Å². The fraction of sp³-hybridized carbons (Fsp3) is 0.353. The van der Waals surface area contributed by atoms with E-state index in [1.807, 2.05) is 24.3 Å². The van der Waals surface area contributed by atoms with Crippen LogP contribution in [0.5, 0.6) is 0 Å². The molecule has 0 atom stereocenters. The van der Waals surface area contributed by atoms with Gasteiger partial charge in [-0.2, -0.15) is 0 Å². The van der Waals surface area contributed by atoms with Gasteiger partial charge >= 0.3 is 0 Å². The Morgan fingerprint density at radius 2 is 1.96 bits per heavy atom. The van der Waals surface area contributed by atoms with Crippen molar-refractivity contribution in [2.24, 2.45) is 4.99 Å². The van der Waals surface area contributed by atoms with Crippen molar-refractivity contribution >= 4 is 40.6 Å². The topological polar surface area (TPSA) is 66.7 Å². The Bertz CT molecular complexity index is 870. The first-order valence-electron chi connectivity index (χ1n) is 8.00. The summed E-state index contributed by atoms with van der Waals surface area (Å²) in [5, 5.41) is 3.41. The highest BCUT2D eigenvalue weighted by molar-refractivity contribution is 7.13. The minimum Gasteiger partial charge on any atom is -0.354 e. The number of nitrogens with one attached hydrogen (secondary N) is 1. The van der Waals surface area contributed by atoms with Crippen molar-refractivity contribution < 1.29 is 9.59 Å². The molecule has 1 aromatic carbocycles. The van der Waals surface area contributed by atoms with Crippen molar-refractivity contribution in [2.45, 2.75) is 20.4 Å². The number of halogens is 1. The van der Waals surface area contributed by atoms with Crippen LogP contribution in [0.3, 0.4) is 0 Å². The normalized spacial score (nSPS) is 13.9. The Balaban J connectivity index is 2.01. The number of rotatable bonds is 4.